The maximum Gasteiger partial charge on any atom is 0.125 e. The minimum atomic E-state index is 0.742. The van der Waals surface area contributed by atoms with E-state index in [0.717, 1.165) is 24.2 Å². The van der Waals surface area contributed by atoms with Crippen molar-refractivity contribution in [2.45, 2.75) is 53.9 Å². The van der Waals surface area contributed by atoms with Gasteiger partial charge in [0.1, 0.15) is 5.75 Å². The van der Waals surface area contributed by atoms with Gasteiger partial charge in [-0.1, -0.05) is 44.9 Å². The topological polar surface area (TPSA) is 9.23 Å². The van der Waals surface area contributed by atoms with Crippen LogP contribution in [0.15, 0.2) is 18.2 Å². The first-order valence-electron chi connectivity index (χ1n) is 7.23. The second-order valence-corrected chi connectivity index (χ2v) is 5.68. The first-order valence-corrected chi connectivity index (χ1v) is 7.23. The lowest BCUT2D eigenvalue weighted by Crippen LogP contribution is -1.95. The minimum absolute atomic E-state index is 0.742. The fourth-order valence-electron chi connectivity index (χ4n) is 2.66. The van der Waals surface area contributed by atoms with Gasteiger partial charge in [0, 0.05) is 0 Å². The predicted octanol–water partition coefficient (Wildman–Crippen LogP) is 5.14. The summed E-state index contributed by atoms with van der Waals surface area (Å²) in [6, 6.07) is 6.18. The Morgan fingerprint density at radius 2 is 1.56 bits per heavy atom. The molecule has 1 aliphatic rings. The van der Waals surface area contributed by atoms with Crippen LogP contribution in [0, 0.1) is 25.7 Å². The van der Waals surface area contributed by atoms with Crippen LogP contribution in [0.5, 0.6) is 5.75 Å². The van der Waals surface area contributed by atoms with Gasteiger partial charge >= 0.3 is 0 Å². The summed E-state index contributed by atoms with van der Waals surface area (Å²) in [6.45, 7) is 11.6. The Balaban J connectivity index is 0.000000199. The van der Waals surface area contributed by atoms with Crippen molar-refractivity contribution in [3.05, 3.63) is 29.3 Å². The van der Waals surface area contributed by atoms with Gasteiger partial charge in [-0.3, -0.25) is 0 Å². The average molecular weight is 248 g/mol. The van der Waals surface area contributed by atoms with Crippen LogP contribution < -0.4 is 4.74 Å². The maximum atomic E-state index is 5.47. The Labute approximate surface area is 113 Å². The van der Waals surface area contributed by atoms with Crippen molar-refractivity contribution in [3.63, 3.8) is 0 Å². The van der Waals surface area contributed by atoms with E-state index >= 15 is 0 Å². The molecule has 0 aliphatic heterocycles. The lowest BCUT2D eigenvalue weighted by atomic mass is 10.1. The van der Waals surface area contributed by atoms with Crippen molar-refractivity contribution in [2.75, 3.05) is 6.61 Å². The highest BCUT2D eigenvalue weighted by Gasteiger charge is 2.15. The molecule has 0 saturated heterocycles. The number of rotatable bonds is 2. The summed E-state index contributed by atoms with van der Waals surface area (Å²) in [7, 11) is 0. The summed E-state index contributed by atoms with van der Waals surface area (Å²) in [5.41, 5.74) is 2.43. The van der Waals surface area contributed by atoms with Gasteiger partial charge in [0.2, 0.25) is 0 Å². The highest BCUT2D eigenvalue weighted by molar-refractivity contribution is 5.39. The smallest absolute Gasteiger partial charge is 0.125 e. The van der Waals surface area contributed by atoms with Gasteiger partial charge < -0.3 is 4.74 Å². The van der Waals surface area contributed by atoms with Crippen LogP contribution in [-0.4, -0.2) is 6.61 Å². The molecule has 0 heterocycles. The van der Waals surface area contributed by atoms with E-state index in [1.165, 1.54) is 30.4 Å². The molecule has 1 nitrogen and oxygen atoms in total. The monoisotopic (exact) mass is 248 g/mol. The minimum Gasteiger partial charge on any atom is -0.493 e. The van der Waals surface area contributed by atoms with E-state index in [0.29, 0.717) is 0 Å². The Bertz CT molecular complexity index is 328. The lowest BCUT2D eigenvalue weighted by Gasteiger charge is -2.08. The molecular weight excluding hydrogens is 220 g/mol. The molecule has 2 unspecified atom stereocenters. The lowest BCUT2D eigenvalue weighted by molar-refractivity contribution is 0.335. The summed E-state index contributed by atoms with van der Waals surface area (Å²) in [6.07, 6.45) is 4.42. The number of aryl methyl sites for hydroxylation is 2. The summed E-state index contributed by atoms with van der Waals surface area (Å²) in [5.74, 6) is 3.08. The molecule has 2 atom stereocenters. The van der Waals surface area contributed by atoms with Crippen LogP contribution in [0.4, 0.5) is 0 Å². The summed E-state index contributed by atoms with van der Waals surface area (Å²) >= 11 is 0. The molecule has 18 heavy (non-hydrogen) atoms. The van der Waals surface area contributed by atoms with Gasteiger partial charge in [-0.25, -0.2) is 0 Å². The Morgan fingerprint density at radius 1 is 1.06 bits per heavy atom. The van der Waals surface area contributed by atoms with Gasteiger partial charge in [0.05, 0.1) is 6.61 Å². The zero-order valence-electron chi connectivity index (χ0n) is 12.6. The van der Waals surface area contributed by atoms with E-state index < -0.39 is 0 Å². The molecule has 0 N–H and O–H groups in total. The SMILES string of the molecule is CC1CCC(C)C1.CCOc1c(C)cccc1C. The second kappa shape index (κ2) is 7.45. The Hall–Kier alpha value is -0.980. The van der Waals surface area contributed by atoms with E-state index in [1.54, 1.807) is 0 Å². The molecule has 0 aromatic heterocycles. The quantitative estimate of drug-likeness (QED) is 0.703. The van der Waals surface area contributed by atoms with Gasteiger partial charge in [0.25, 0.3) is 0 Å². The maximum absolute atomic E-state index is 5.47. The Morgan fingerprint density at radius 3 is 1.89 bits per heavy atom. The largest absolute Gasteiger partial charge is 0.493 e. The molecule has 1 fully saturated rings. The summed E-state index contributed by atoms with van der Waals surface area (Å²) < 4.78 is 5.47. The van der Waals surface area contributed by atoms with Crippen molar-refractivity contribution in [1.82, 2.24) is 0 Å². The fraction of sp³-hybridized carbons (Fsp3) is 0.647. The number of para-hydroxylation sites is 1. The number of hydrogen-bond donors (Lipinski definition) is 0. The number of hydrogen-bond acceptors (Lipinski definition) is 1. The van der Waals surface area contributed by atoms with Crippen molar-refractivity contribution < 1.29 is 4.74 Å². The van der Waals surface area contributed by atoms with E-state index in [1.807, 2.05) is 13.0 Å². The molecular formula is C17H28O. The van der Waals surface area contributed by atoms with Crippen LogP contribution in [-0.2, 0) is 0 Å². The zero-order valence-corrected chi connectivity index (χ0v) is 12.6. The highest BCUT2D eigenvalue weighted by atomic mass is 16.5. The van der Waals surface area contributed by atoms with Crippen molar-refractivity contribution in [3.8, 4) is 5.75 Å². The van der Waals surface area contributed by atoms with Crippen LogP contribution in [0.25, 0.3) is 0 Å². The normalized spacial score (nSPS) is 22.3. The van der Waals surface area contributed by atoms with E-state index in [9.17, 15) is 0 Å². The van der Waals surface area contributed by atoms with E-state index in [2.05, 4.69) is 39.8 Å². The molecule has 1 aromatic rings. The van der Waals surface area contributed by atoms with Crippen molar-refractivity contribution in [1.29, 1.82) is 0 Å². The fourth-order valence-corrected chi connectivity index (χ4v) is 2.66. The molecule has 1 aliphatic carbocycles. The van der Waals surface area contributed by atoms with Crippen LogP contribution in [0.1, 0.15) is 51.2 Å². The van der Waals surface area contributed by atoms with Crippen LogP contribution in [0.3, 0.4) is 0 Å². The number of benzene rings is 1. The molecule has 1 heteroatoms. The molecule has 1 saturated carbocycles. The number of ether oxygens (including phenoxy) is 1. The van der Waals surface area contributed by atoms with E-state index in [-0.39, 0.29) is 0 Å². The molecule has 2 rings (SSSR count). The second-order valence-electron chi connectivity index (χ2n) is 5.68. The highest BCUT2D eigenvalue weighted by Crippen LogP contribution is 2.29. The third-order valence-corrected chi connectivity index (χ3v) is 3.65. The van der Waals surface area contributed by atoms with Crippen molar-refractivity contribution >= 4 is 0 Å². The third-order valence-electron chi connectivity index (χ3n) is 3.65. The van der Waals surface area contributed by atoms with Crippen molar-refractivity contribution in [2.24, 2.45) is 11.8 Å². The van der Waals surface area contributed by atoms with E-state index in [4.69, 9.17) is 4.74 Å². The standard InChI is InChI=1S/C10H14O.C7H14/c1-4-11-10-8(2)6-5-7-9(10)3;1-6-3-4-7(2)5-6/h5-7H,4H2,1-3H3;6-7H,3-5H2,1-2H3. The third kappa shape index (κ3) is 4.72. The molecule has 0 spiro atoms. The van der Waals surface area contributed by atoms with Gasteiger partial charge in [-0.15, -0.1) is 0 Å². The first kappa shape index (κ1) is 15.1. The Kier molecular flexibility index (Phi) is 6.24. The van der Waals surface area contributed by atoms with Crippen LogP contribution >= 0.6 is 0 Å². The molecule has 0 radical (unpaired) electrons. The first-order chi connectivity index (χ1) is 8.54. The molecule has 0 bridgehead atoms. The zero-order chi connectivity index (χ0) is 13.5. The summed E-state index contributed by atoms with van der Waals surface area (Å²) in [4.78, 5) is 0. The van der Waals surface area contributed by atoms with Gasteiger partial charge in [-0.2, -0.15) is 0 Å². The van der Waals surface area contributed by atoms with Gasteiger partial charge in [0.15, 0.2) is 0 Å². The molecule has 102 valence electrons. The van der Waals surface area contributed by atoms with Gasteiger partial charge in [-0.05, 0) is 50.2 Å². The van der Waals surface area contributed by atoms with Crippen LogP contribution in [0.2, 0.25) is 0 Å². The average Bonchev–Trinajstić information content (AvgIpc) is 2.69. The predicted molar refractivity (Wildman–Crippen MR) is 79.3 cm³/mol. The molecule has 0 amide bonds. The molecule has 1 aromatic carbocycles. The summed E-state index contributed by atoms with van der Waals surface area (Å²) in [5, 5.41) is 0.